The molecule has 0 atom stereocenters. The lowest BCUT2D eigenvalue weighted by atomic mass is 10.3. The number of hydrogen-bond donors (Lipinski definition) is 0. The van der Waals surface area contributed by atoms with Gasteiger partial charge in [-0.05, 0) is 22.0 Å². The standard InChI is InChI=1S/C15H18BrClN6/c1-21(2)13-8-14(20-10-19-13)22-3-5-23(6-4-22)15-12(17)7-11(16)9-18-15/h7-10H,3-6H2,1-2H3. The van der Waals surface area contributed by atoms with Crippen molar-refractivity contribution in [2.24, 2.45) is 0 Å². The van der Waals surface area contributed by atoms with Crippen LogP contribution in [0.4, 0.5) is 17.5 Å². The highest BCUT2D eigenvalue weighted by molar-refractivity contribution is 9.10. The average molecular weight is 398 g/mol. The molecule has 6 nitrogen and oxygen atoms in total. The highest BCUT2D eigenvalue weighted by Crippen LogP contribution is 2.27. The van der Waals surface area contributed by atoms with Crippen LogP contribution in [0.5, 0.6) is 0 Å². The fourth-order valence-electron chi connectivity index (χ4n) is 2.54. The smallest absolute Gasteiger partial charge is 0.147 e. The molecule has 23 heavy (non-hydrogen) atoms. The van der Waals surface area contributed by atoms with Crippen molar-refractivity contribution in [1.29, 1.82) is 0 Å². The number of hydrogen-bond acceptors (Lipinski definition) is 6. The van der Waals surface area contributed by atoms with E-state index in [4.69, 9.17) is 11.6 Å². The van der Waals surface area contributed by atoms with Gasteiger partial charge in [0.2, 0.25) is 0 Å². The number of aromatic nitrogens is 3. The largest absolute Gasteiger partial charge is 0.363 e. The maximum Gasteiger partial charge on any atom is 0.147 e. The van der Waals surface area contributed by atoms with Crippen molar-refractivity contribution < 1.29 is 0 Å². The van der Waals surface area contributed by atoms with Crippen LogP contribution >= 0.6 is 27.5 Å². The summed E-state index contributed by atoms with van der Waals surface area (Å²) in [5.41, 5.74) is 0. The molecule has 0 aliphatic carbocycles. The second kappa shape index (κ2) is 6.88. The van der Waals surface area contributed by atoms with Crippen LogP contribution in [-0.4, -0.2) is 55.2 Å². The monoisotopic (exact) mass is 396 g/mol. The molecule has 0 unspecified atom stereocenters. The minimum absolute atomic E-state index is 0.671. The number of halogens is 2. The van der Waals surface area contributed by atoms with Gasteiger partial charge in [-0.25, -0.2) is 15.0 Å². The Bertz CT molecular complexity index is 687. The molecule has 0 bridgehead atoms. The first-order chi connectivity index (χ1) is 11.0. The maximum atomic E-state index is 6.30. The van der Waals surface area contributed by atoms with Gasteiger partial charge in [-0.15, -0.1) is 0 Å². The van der Waals surface area contributed by atoms with E-state index in [1.807, 2.05) is 31.1 Å². The quantitative estimate of drug-likeness (QED) is 0.793. The minimum Gasteiger partial charge on any atom is -0.363 e. The van der Waals surface area contributed by atoms with E-state index in [-0.39, 0.29) is 0 Å². The molecule has 1 saturated heterocycles. The van der Waals surface area contributed by atoms with Crippen LogP contribution < -0.4 is 14.7 Å². The fourth-order valence-corrected chi connectivity index (χ4v) is 3.29. The molecule has 0 N–H and O–H groups in total. The van der Waals surface area contributed by atoms with E-state index in [0.717, 1.165) is 48.1 Å². The zero-order chi connectivity index (χ0) is 16.4. The average Bonchev–Trinajstić information content (AvgIpc) is 2.55. The van der Waals surface area contributed by atoms with Crippen molar-refractivity contribution in [3.05, 3.63) is 34.2 Å². The van der Waals surface area contributed by atoms with Crippen LogP contribution in [0.15, 0.2) is 29.1 Å². The van der Waals surface area contributed by atoms with E-state index in [9.17, 15) is 0 Å². The Labute approximate surface area is 149 Å². The van der Waals surface area contributed by atoms with Gasteiger partial charge in [-0.1, -0.05) is 11.6 Å². The molecule has 3 rings (SSSR count). The molecule has 8 heteroatoms. The van der Waals surface area contributed by atoms with Gasteiger partial charge in [0.1, 0.15) is 23.8 Å². The minimum atomic E-state index is 0.671. The highest BCUT2D eigenvalue weighted by Gasteiger charge is 2.21. The Hall–Kier alpha value is -1.60. The predicted octanol–water partition coefficient (Wildman–Crippen LogP) is 2.68. The van der Waals surface area contributed by atoms with E-state index in [0.29, 0.717) is 5.02 Å². The Morgan fingerprint density at radius 1 is 1.04 bits per heavy atom. The molecule has 2 aromatic heterocycles. The summed E-state index contributed by atoms with van der Waals surface area (Å²) in [5, 5.41) is 0.671. The predicted molar refractivity (Wildman–Crippen MR) is 97.7 cm³/mol. The van der Waals surface area contributed by atoms with Crippen LogP contribution in [0.25, 0.3) is 0 Å². The molecule has 0 radical (unpaired) electrons. The third-order valence-corrected chi connectivity index (χ3v) is 4.50. The Balaban J connectivity index is 1.70. The number of piperazine rings is 1. The van der Waals surface area contributed by atoms with Gasteiger partial charge >= 0.3 is 0 Å². The molecular weight excluding hydrogens is 380 g/mol. The van der Waals surface area contributed by atoms with Crippen molar-refractivity contribution in [3.63, 3.8) is 0 Å². The summed E-state index contributed by atoms with van der Waals surface area (Å²) in [4.78, 5) is 19.5. The lowest BCUT2D eigenvalue weighted by Crippen LogP contribution is -2.47. The van der Waals surface area contributed by atoms with Crippen LogP contribution in [0.2, 0.25) is 5.02 Å². The first kappa shape index (κ1) is 16.3. The van der Waals surface area contributed by atoms with Gasteiger partial charge in [-0.2, -0.15) is 0 Å². The second-order valence-corrected chi connectivity index (χ2v) is 6.88. The number of pyridine rings is 1. The first-order valence-electron chi connectivity index (χ1n) is 7.35. The van der Waals surface area contributed by atoms with E-state index < -0.39 is 0 Å². The van der Waals surface area contributed by atoms with Gasteiger partial charge in [0.15, 0.2) is 0 Å². The van der Waals surface area contributed by atoms with Crippen molar-refractivity contribution in [2.45, 2.75) is 0 Å². The van der Waals surface area contributed by atoms with Gasteiger partial charge in [0.05, 0.1) is 5.02 Å². The molecular formula is C15H18BrClN6. The zero-order valence-corrected chi connectivity index (χ0v) is 15.4. The van der Waals surface area contributed by atoms with Crippen LogP contribution in [0.3, 0.4) is 0 Å². The number of rotatable bonds is 3. The van der Waals surface area contributed by atoms with Crippen molar-refractivity contribution in [3.8, 4) is 0 Å². The summed E-state index contributed by atoms with van der Waals surface area (Å²) in [7, 11) is 3.95. The zero-order valence-electron chi connectivity index (χ0n) is 13.1. The summed E-state index contributed by atoms with van der Waals surface area (Å²) in [6, 6.07) is 3.89. The Kier molecular flexibility index (Phi) is 4.87. The summed E-state index contributed by atoms with van der Waals surface area (Å²) < 4.78 is 0.891. The molecule has 3 heterocycles. The summed E-state index contributed by atoms with van der Waals surface area (Å²) in [5.74, 6) is 2.71. The highest BCUT2D eigenvalue weighted by atomic mass is 79.9. The van der Waals surface area contributed by atoms with Crippen molar-refractivity contribution >= 4 is 45.0 Å². The van der Waals surface area contributed by atoms with E-state index in [2.05, 4.69) is 40.7 Å². The Morgan fingerprint density at radius 2 is 1.74 bits per heavy atom. The molecule has 1 aliphatic heterocycles. The summed E-state index contributed by atoms with van der Waals surface area (Å²) >= 11 is 9.68. The molecule has 122 valence electrons. The summed E-state index contributed by atoms with van der Waals surface area (Å²) in [6.45, 7) is 3.46. The SMILES string of the molecule is CN(C)c1cc(N2CCN(c3ncc(Br)cc3Cl)CC2)ncn1. The first-order valence-corrected chi connectivity index (χ1v) is 8.52. The topological polar surface area (TPSA) is 48.4 Å². The summed E-state index contributed by atoms with van der Waals surface area (Å²) in [6.07, 6.45) is 3.39. The van der Waals surface area contributed by atoms with Gasteiger partial charge in [0.25, 0.3) is 0 Å². The fraction of sp³-hybridized carbons (Fsp3) is 0.400. The van der Waals surface area contributed by atoms with E-state index in [1.54, 1.807) is 12.5 Å². The van der Waals surface area contributed by atoms with Gasteiger partial charge in [-0.3, -0.25) is 0 Å². The van der Waals surface area contributed by atoms with E-state index >= 15 is 0 Å². The molecule has 0 amide bonds. The van der Waals surface area contributed by atoms with Crippen LogP contribution in [0.1, 0.15) is 0 Å². The maximum absolute atomic E-state index is 6.30. The normalized spacial score (nSPS) is 15.0. The number of anilines is 3. The van der Waals surface area contributed by atoms with Gasteiger partial charge < -0.3 is 14.7 Å². The molecule has 1 fully saturated rings. The number of nitrogens with zero attached hydrogens (tertiary/aromatic N) is 6. The molecule has 0 aromatic carbocycles. The lowest BCUT2D eigenvalue weighted by molar-refractivity contribution is 0.641. The molecule has 0 spiro atoms. The van der Waals surface area contributed by atoms with Crippen molar-refractivity contribution in [1.82, 2.24) is 15.0 Å². The molecule has 2 aromatic rings. The van der Waals surface area contributed by atoms with Crippen molar-refractivity contribution in [2.75, 3.05) is 55.0 Å². The third-order valence-electron chi connectivity index (χ3n) is 3.79. The van der Waals surface area contributed by atoms with Crippen LogP contribution in [-0.2, 0) is 0 Å². The third kappa shape index (κ3) is 3.67. The van der Waals surface area contributed by atoms with Crippen LogP contribution in [0, 0.1) is 0 Å². The Morgan fingerprint density at radius 3 is 2.39 bits per heavy atom. The molecule has 0 saturated carbocycles. The molecule has 1 aliphatic rings. The van der Waals surface area contributed by atoms with E-state index in [1.165, 1.54) is 0 Å². The lowest BCUT2D eigenvalue weighted by Gasteiger charge is -2.36. The second-order valence-electron chi connectivity index (χ2n) is 5.56. The van der Waals surface area contributed by atoms with Gasteiger partial charge in [0, 0.05) is 57.0 Å².